The highest BCUT2D eigenvalue weighted by molar-refractivity contribution is 5.76. The van der Waals surface area contributed by atoms with Crippen molar-refractivity contribution in [2.45, 2.75) is 53.0 Å². The molecule has 1 heterocycles. The van der Waals surface area contributed by atoms with Crippen molar-refractivity contribution < 1.29 is 4.79 Å². The third kappa shape index (κ3) is 7.85. The molecule has 0 unspecified atom stereocenters. The number of piperazine rings is 1. The third-order valence-corrected chi connectivity index (χ3v) is 3.83. The van der Waals surface area contributed by atoms with Crippen LogP contribution < -0.4 is 5.32 Å². The molecule has 4 nitrogen and oxygen atoms in total. The number of carbonyl (C=O) groups is 1. The Labute approximate surface area is 124 Å². The van der Waals surface area contributed by atoms with Gasteiger partial charge in [-0.15, -0.1) is 0 Å². The topological polar surface area (TPSA) is 35.6 Å². The van der Waals surface area contributed by atoms with Crippen molar-refractivity contribution in [3.05, 3.63) is 0 Å². The normalized spacial score (nSPS) is 17.9. The fourth-order valence-electron chi connectivity index (χ4n) is 2.61. The van der Waals surface area contributed by atoms with Gasteiger partial charge in [-0.2, -0.15) is 0 Å². The molecule has 0 bridgehead atoms. The molecule has 0 aliphatic carbocycles. The highest BCUT2D eigenvalue weighted by Crippen LogP contribution is 2.08. The fourth-order valence-corrected chi connectivity index (χ4v) is 2.61. The van der Waals surface area contributed by atoms with E-state index in [1.807, 2.05) is 13.8 Å². The number of hydrogen-bond acceptors (Lipinski definition) is 3. The van der Waals surface area contributed by atoms with Gasteiger partial charge in [0.1, 0.15) is 0 Å². The van der Waals surface area contributed by atoms with Gasteiger partial charge in [0.2, 0.25) is 5.91 Å². The zero-order valence-electron chi connectivity index (χ0n) is 13.8. The average Bonchev–Trinajstić information content (AvgIpc) is 2.36. The first-order valence-corrected chi connectivity index (χ1v) is 8.21. The molecule has 20 heavy (non-hydrogen) atoms. The van der Waals surface area contributed by atoms with Crippen LogP contribution in [0.4, 0.5) is 0 Å². The van der Waals surface area contributed by atoms with Gasteiger partial charge in [0.15, 0.2) is 0 Å². The molecule has 1 amide bonds. The molecule has 0 aromatic heterocycles. The lowest BCUT2D eigenvalue weighted by Crippen LogP contribution is -2.47. The standard InChI is InChI=1S/C16H33N3O/c1-14(2)6-5-8-18-10-12-19(13-11-18)9-7-16(20)17-15(3)4/h14-15H,5-13H2,1-4H3,(H,17,20). The maximum atomic E-state index is 11.6. The summed E-state index contributed by atoms with van der Waals surface area (Å²) in [5, 5.41) is 2.95. The smallest absolute Gasteiger partial charge is 0.221 e. The van der Waals surface area contributed by atoms with Crippen LogP contribution in [0.1, 0.15) is 47.0 Å². The molecule has 0 aromatic carbocycles. The van der Waals surface area contributed by atoms with E-state index >= 15 is 0 Å². The van der Waals surface area contributed by atoms with Gasteiger partial charge in [-0.05, 0) is 39.2 Å². The molecule has 1 N–H and O–H groups in total. The van der Waals surface area contributed by atoms with E-state index < -0.39 is 0 Å². The molecule has 1 aliphatic heterocycles. The van der Waals surface area contributed by atoms with Gasteiger partial charge in [-0.3, -0.25) is 4.79 Å². The third-order valence-electron chi connectivity index (χ3n) is 3.83. The minimum atomic E-state index is 0.180. The molecule has 0 aromatic rings. The van der Waals surface area contributed by atoms with Crippen molar-refractivity contribution >= 4 is 5.91 Å². The largest absolute Gasteiger partial charge is 0.354 e. The van der Waals surface area contributed by atoms with Crippen molar-refractivity contribution in [2.75, 3.05) is 39.3 Å². The van der Waals surface area contributed by atoms with Crippen LogP contribution in [0.15, 0.2) is 0 Å². The van der Waals surface area contributed by atoms with E-state index in [0.29, 0.717) is 6.42 Å². The summed E-state index contributed by atoms with van der Waals surface area (Å²) in [5.41, 5.74) is 0. The molecule has 1 fully saturated rings. The Hall–Kier alpha value is -0.610. The van der Waals surface area contributed by atoms with Crippen LogP contribution in [0.2, 0.25) is 0 Å². The van der Waals surface area contributed by atoms with Crippen molar-refractivity contribution in [3.8, 4) is 0 Å². The van der Waals surface area contributed by atoms with Crippen LogP contribution in [0, 0.1) is 5.92 Å². The van der Waals surface area contributed by atoms with Gasteiger partial charge in [-0.25, -0.2) is 0 Å². The summed E-state index contributed by atoms with van der Waals surface area (Å²) in [6, 6.07) is 0.250. The van der Waals surface area contributed by atoms with Crippen molar-refractivity contribution in [3.63, 3.8) is 0 Å². The van der Waals surface area contributed by atoms with Crippen LogP contribution in [-0.4, -0.2) is 61.0 Å². The summed E-state index contributed by atoms with van der Waals surface area (Å²) < 4.78 is 0. The Morgan fingerprint density at radius 1 is 1.00 bits per heavy atom. The average molecular weight is 283 g/mol. The summed E-state index contributed by atoms with van der Waals surface area (Å²) in [6.07, 6.45) is 3.27. The van der Waals surface area contributed by atoms with Gasteiger partial charge >= 0.3 is 0 Å². The number of carbonyl (C=O) groups excluding carboxylic acids is 1. The number of amides is 1. The van der Waals surface area contributed by atoms with Crippen LogP contribution in [0.3, 0.4) is 0 Å². The Morgan fingerprint density at radius 3 is 2.05 bits per heavy atom. The maximum absolute atomic E-state index is 11.6. The Balaban J connectivity index is 2.08. The molecule has 0 spiro atoms. The molecule has 1 rings (SSSR count). The monoisotopic (exact) mass is 283 g/mol. The summed E-state index contributed by atoms with van der Waals surface area (Å²) >= 11 is 0. The lowest BCUT2D eigenvalue weighted by atomic mass is 10.1. The second-order valence-electron chi connectivity index (χ2n) is 6.69. The Morgan fingerprint density at radius 2 is 1.55 bits per heavy atom. The van der Waals surface area contributed by atoms with E-state index in [0.717, 1.165) is 38.6 Å². The predicted octanol–water partition coefficient (Wildman–Crippen LogP) is 1.95. The lowest BCUT2D eigenvalue weighted by Gasteiger charge is -2.34. The van der Waals surface area contributed by atoms with Gasteiger partial charge in [-0.1, -0.05) is 13.8 Å². The highest BCUT2D eigenvalue weighted by atomic mass is 16.1. The quantitative estimate of drug-likeness (QED) is 0.739. The highest BCUT2D eigenvalue weighted by Gasteiger charge is 2.17. The molecule has 0 saturated carbocycles. The van der Waals surface area contributed by atoms with Gasteiger partial charge in [0.25, 0.3) is 0 Å². The number of hydrogen-bond donors (Lipinski definition) is 1. The molecule has 118 valence electrons. The zero-order valence-corrected chi connectivity index (χ0v) is 13.8. The molecule has 0 radical (unpaired) electrons. The first kappa shape index (κ1) is 17.4. The summed E-state index contributed by atoms with van der Waals surface area (Å²) in [7, 11) is 0. The predicted molar refractivity (Wildman–Crippen MR) is 84.8 cm³/mol. The Kier molecular flexibility index (Phi) is 8.15. The number of nitrogens with one attached hydrogen (secondary N) is 1. The molecule has 4 heteroatoms. The molecule has 0 atom stereocenters. The van der Waals surface area contributed by atoms with Crippen molar-refractivity contribution in [1.29, 1.82) is 0 Å². The van der Waals surface area contributed by atoms with Crippen LogP contribution >= 0.6 is 0 Å². The second kappa shape index (κ2) is 9.35. The summed E-state index contributed by atoms with van der Waals surface area (Å²) in [6.45, 7) is 15.3. The van der Waals surface area contributed by atoms with E-state index in [1.54, 1.807) is 0 Å². The maximum Gasteiger partial charge on any atom is 0.221 e. The van der Waals surface area contributed by atoms with Gasteiger partial charge in [0, 0.05) is 45.2 Å². The minimum absolute atomic E-state index is 0.180. The van der Waals surface area contributed by atoms with Crippen LogP contribution in [0.25, 0.3) is 0 Å². The van der Waals surface area contributed by atoms with E-state index in [-0.39, 0.29) is 11.9 Å². The van der Waals surface area contributed by atoms with Gasteiger partial charge < -0.3 is 15.1 Å². The summed E-state index contributed by atoms with van der Waals surface area (Å²) in [4.78, 5) is 16.6. The van der Waals surface area contributed by atoms with Gasteiger partial charge in [0.05, 0.1) is 0 Å². The van der Waals surface area contributed by atoms with E-state index in [9.17, 15) is 4.79 Å². The molecule has 1 aliphatic rings. The summed E-state index contributed by atoms with van der Waals surface area (Å²) in [5.74, 6) is 0.995. The van der Waals surface area contributed by atoms with E-state index in [2.05, 4.69) is 29.0 Å². The Bertz CT molecular complexity index is 271. The lowest BCUT2D eigenvalue weighted by molar-refractivity contribution is -0.122. The SMILES string of the molecule is CC(C)CCCN1CCN(CCC(=O)NC(C)C)CC1. The van der Waals surface area contributed by atoms with E-state index in [4.69, 9.17) is 0 Å². The number of rotatable bonds is 8. The first-order chi connectivity index (χ1) is 9.47. The number of nitrogens with zero attached hydrogens (tertiary/aromatic N) is 2. The first-order valence-electron chi connectivity index (χ1n) is 8.21. The minimum Gasteiger partial charge on any atom is -0.354 e. The molecule has 1 saturated heterocycles. The van der Waals surface area contributed by atoms with Crippen molar-refractivity contribution in [2.24, 2.45) is 5.92 Å². The zero-order chi connectivity index (χ0) is 15.0. The molecular weight excluding hydrogens is 250 g/mol. The molecular formula is C16H33N3O. The van der Waals surface area contributed by atoms with E-state index in [1.165, 1.54) is 19.4 Å². The fraction of sp³-hybridized carbons (Fsp3) is 0.938. The second-order valence-corrected chi connectivity index (χ2v) is 6.69. The van der Waals surface area contributed by atoms with Crippen LogP contribution in [-0.2, 0) is 4.79 Å². The van der Waals surface area contributed by atoms with Crippen molar-refractivity contribution in [1.82, 2.24) is 15.1 Å². The van der Waals surface area contributed by atoms with Crippen LogP contribution in [0.5, 0.6) is 0 Å².